The number of fused-ring (bicyclic) bond motifs is 1. The van der Waals surface area contributed by atoms with Gasteiger partial charge in [0, 0.05) is 7.05 Å². The molecule has 1 amide bonds. The number of likely N-dealkylation sites (tertiary alicyclic amines) is 1. The second kappa shape index (κ2) is 7.75. The number of benzene rings is 1. The quantitative estimate of drug-likeness (QED) is 0.936. The highest BCUT2D eigenvalue weighted by molar-refractivity contribution is 5.78. The lowest BCUT2D eigenvalue weighted by Gasteiger charge is -2.26. The van der Waals surface area contributed by atoms with Crippen molar-refractivity contribution >= 4 is 16.9 Å². The fourth-order valence-electron chi connectivity index (χ4n) is 3.21. The minimum atomic E-state index is -0.292. The van der Waals surface area contributed by atoms with Crippen molar-refractivity contribution in [3.8, 4) is 0 Å². The molecule has 0 radical (unpaired) electrons. The zero-order valence-electron chi connectivity index (χ0n) is 14.2. The number of hydrogen-bond donors (Lipinski definition) is 1. The van der Waals surface area contributed by atoms with E-state index in [4.69, 9.17) is 0 Å². The van der Waals surface area contributed by atoms with E-state index in [1.165, 1.54) is 44.2 Å². The summed E-state index contributed by atoms with van der Waals surface area (Å²) in [7, 11) is 1.79. The molecule has 1 N–H and O–H groups in total. The average molecular weight is 332 g/mol. The van der Waals surface area contributed by atoms with Gasteiger partial charge in [0.15, 0.2) is 0 Å². The van der Waals surface area contributed by atoms with Gasteiger partial charge in [0.1, 0.15) is 11.6 Å². The molecule has 24 heavy (non-hydrogen) atoms. The van der Waals surface area contributed by atoms with Gasteiger partial charge < -0.3 is 9.88 Å². The van der Waals surface area contributed by atoms with E-state index in [1.54, 1.807) is 18.0 Å². The molecule has 1 fully saturated rings. The Kier molecular flexibility index (Phi) is 5.45. The van der Waals surface area contributed by atoms with Crippen LogP contribution in [0.15, 0.2) is 18.2 Å². The van der Waals surface area contributed by atoms with E-state index in [9.17, 15) is 9.18 Å². The minimum absolute atomic E-state index is 0.0993. The van der Waals surface area contributed by atoms with Gasteiger partial charge in [-0.3, -0.25) is 9.69 Å². The number of halogens is 1. The van der Waals surface area contributed by atoms with Gasteiger partial charge in [0.25, 0.3) is 0 Å². The lowest BCUT2D eigenvalue weighted by atomic mass is 10.1. The predicted octanol–water partition coefficient (Wildman–Crippen LogP) is 2.93. The first-order valence-electron chi connectivity index (χ1n) is 8.72. The van der Waals surface area contributed by atoms with Crippen LogP contribution in [0.5, 0.6) is 0 Å². The van der Waals surface area contributed by atoms with E-state index >= 15 is 0 Å². The zero-order valence-corrected chi connectivity index (χ0v) is 14.2. The molecule has 0 saturated carbocycles. The van der Waals surface area contributed by atoms with Gasteiger partial charge in [0.05, 0.1) is 24.1 Å². The van der Waals surface area contributed by atoms with Crippen molar-refractivity contribution in [1.29, 1.82) is 0 Å². The van der Waals surface area contributed by atoms with Gasteiger partial charge in [0.2, 0.25) is 5.91 Å². The van der Waals surface area contributed by atoms with Gasteiger partial charge in [-0.15, -0.1) is 0 Å². The van der Waals surface area contributed by atoms with Crippen LogP contribution < -0.4 is 0 Å². The molecule has 1 aromatic carbocycles. The molecule has 3 rings (SSSR count). The van der Waals surface area contributed by atoms with E-state index in [0.717, 1.165) is 18.6 Å². The molecule has 6 heteroatoms. The van der Waals surface area contributed by atoms with Gasteiger partial charge in [-0.25, -0.2) is 9.37 Å². The van der Waals surface area contributed by atoms with Crippen molar-refractivity contribution in [2.45, 2.75) is 38.6 Å². The number of aromatic amines is 1. The molecule has 1 saturated heterocycles. The van der Waals surface area contributed by atoms with Crippen LogP contribution in [0.2, 0.25) is 0 Å². The topological polar surface area (TPSA) is 52.2 Å². The molecule has 1 aliphatic rings. The van der Waals surface area contributed by atoms with E-state index in [-0.39, 0.29) is 11.7 Å². The molecule has 2 heterocycles. The molecule has 2 aromatic rings. The Hall–Kier alpha value is -1.95. The first-order chi connectivity index (χ1) is 11.6. The van der Waals surface area contributed by atoms with Crippen molar-refractivity contribution < 1.29 is 9.18 Å². The summed E-state index contributed by atoms with van der Waals surface area (Å²) in [5.41, 5.74) is 1.38. The second-order valence-electron chi connectivity index (χ2n) is 6.64. The SMILES string of the molecule is CN(Cc1nc2ccc(F)cc2[nH]1)C(=O)CN1CCCCCCC1. The van der Waals surface area contributed by atoms with Crippen molar-refractivity contribution in [2.75, 3.05) is 26.7 Å². The third kappa shape index (κ3) is 4.32. The molecule has 130 valence electrons. The molecule has 0 bridgehead atoms. The first-order valence-corrected chi connectivity index (χ1v) is 8.72. The summed E-state index contributed by atoms with van der Waals surface area (Å²) in [4.78, 5) is 23.9. The summed E-state index contributed by atoms with van der Waals surface area (Å²) in [6.07, 6.45) is 6.18. The van der Waals surface area contributed by atoms with Crippen molar-refractivity contribution in [3.63, 3.8) is 0 Å². The first kappa shape index (κ1) is 16.9. The molecule has 5 nitrogen and oxygen atoms in total. The number of carbonyl (C=O) groups is 1. The van der Waals surface area contributed by atoms with Crippen molar-refractivity contribution in [3.05, 3.63) is 29.8 Å². The minimum Gasteiger partial charge on any atom is -0.340 e. The molecular weight excluding hydrogens is 307 g/mol. The average Bonchev–Trinajstić information content (AvgIpc) is 2.90. The van der Waals surface area contributed by atoms with Crippen molar-refractivity contribution in [1.82, 2.24) is 19.8 Å². The predicted molar refractivity (Wildman–Crippen MR) is 92.1 cm³/mol. The number of H-pyrrole nitrogens is 1. The van der Waals surface area contributed by atoms with Gasteiger partial charge in [-0.05, 0) is 44.1 Å². The number of rotatable bonds is 4. The lowest BCUT2D eigenvalue weighted by molar-refractivity contribution is -0.131. The van der Waals surface area contributed by atoms with Gasteiger partial charge in [-0.2, -0.15) is 0 Å². The summed E-state index contributed by atoms with van der Waals surface area (Å²) in [6.45, 7) is 2.88. The highest BCUT2D eigenvalue weighted by Gasteiger charge is 2.16. The smallest absolute Gasteiger partial charge is 0.236 e. The van der Waals surface area contributed by atoms with Crippen LogP contribution in [-0.2, 0) is 11.3 Å². The summed E-state index contributed by atoms with van der Waals surface area (Å²) in [5.74, 6) is 0.487. The van der Waals surface area contributed by atoms with Gasteiger partial charge in [-0.1, -0.05) is 19.3 Å². The van der Waals surface area contributed by atoms with E-state index in [0.29, 0.717) is 24.4 Å². The Morgan fingerprint density at radius 1 is 1.25 bits per heavy atom. The summed E-state index contributed by atoms with van der Waals surface area (Å²) < 4.78 is 13.2. The molecule has 0 aliphatic carbocycles. The molecule has 1 aliphatic heterocycles. The number of hydrogen-bond acceptors (Lipinski definition) is 3. The van der Waals surface area contributed by atoms with Crippen LogP contribution >= 0.6 is 0 Å². The Morgan fingerprint density at radius 2 is 1.96 bits per heavy atom. The van der Waals surface area contributed by atoms with Gasteiger partial charge >= 0.3 is 0 Å². The number of nitrogens with zero attached hydrogens (tertiary/aromatic N) is 3. The fourth-order valence-corrected chi connectivity index (χ4v) is 3.21. The zero-order chi connectivity index (χ0) is 16.9. The lowest BCUT2D eigenvalue weighted by Crippen LogP contribution is -2.39. The van der Waals surface area contributed by atoms with Crippen LogP contribution in [-0.4, -0.2) is 52.4 Å². The second-order valence-corrected chi connectivity index (χ2v) is 6.64. The standard InChI is InChI=1S/C18H25FN4O/c1-22(18(24)13-23-9-5-3-2-4-6-10-23)12-17-20-15-8-7-14(19)11-16(15)21-17/h7-8,11H,2-6,9-10,12-13H2,1H3,(H,20,21). The molecule has 0 spiro atoms. The Balaban J connectivity index is 1.58. The Morgan fingerprint density at radius 3 is 2.71 bits per heavy atom. The van der Waals surface area contributed by atoms with Crippen LogP contribution in [0.1, 0.15) is 37.9 Å². The number of amides is 1. The maximum Gasteiger partial charge on any atom is 0.236 e. The number of nitrogens with one attached hydrogen (secondary N) is 1. The third-order valence-corrected chi connectivity index (χ3v) is 4.61. The molecular formula is C18H25FN4O. The van der Waals surface area contributed by atoms with E-state index in [2.05, 4.69) is 14.9 Å². The van der Waals surface area contributed by atoms with E-state index in [1.807, 2.05) is 0 Å². The van der Waals surface area contributed by atoms with Crippen LogP contribution in [0.4, 0.5) is 4.39 Å². The third-order valence-electron chi connectivity index (χ3n) is 4.61. The number of likely N-dealkylation sites (N-methyl/N-ethyl adjacent to an activating group) is 1. The maximum absolute atomic E-state index is 13.2. The van der Waals surface area contributed by atoms with Crippen LogP contribution in [0.25, 0.3) is 11.0 Å². The number of imidazole rings is 1. The highest BCUT2D eigenvalue weighted by Crippen LogP contribution is 2.14. The molecule has 1 aromatic heterocycles. The number of carbonyl (C=O) groups excluding carboxylic acids is 1. The fraction of sp³-hybridized carbons (Fsp3) is 0.556. The van der Waals surface area contributed by atoms with Crippen molar-refractivity contribution in [2.24, 2.45) is 0 Å². The summed E-state index contributed by atoms with van der Waals surface area (Å²) >= 11 is 0. The van der Waals surface area contributed by atoms with Crippen LogP contribution in [0, 0.1) is 5.82 Å². The largest absolute Gasteiger partial charge is 0.340 e. The number of aromatic nitrogens is 2. The highest BCUT2D eigenvalue weighted by atomic mass is 19.1. The molecule has 0 atom stereocenters. The maximum atomic E-state index is 13.2. The normalized spacial score (nSPS) is 16.8. The Bertz CT molecular complexity index is 691. The Labute approximate surface area is 141 Å². The van der Waals surface area contributed by atoms with Crippen LogP contribution in [0.3, 0.4) is 0 Å². The summed E-state index contributed by atoms with van der Waals surface area (Å²) in [6, 6.07) is 4.46. The monoisotopic (exact) mass is 332 g/mol. The van der Waals surface area contributed by atoms with E-state index < -0.39 is 0 Å². The molecule has 0 unspecified atom stereocenters. The summed E-state index contributed by atoms with van der Waals surface area (Å²) in [5, 5.41) is 0.